The van der Waals surface area contributed by atoms with Gasteiger partial charge in [-0.25, -0.2) is 33.8 Å². The van der Waals surface area contributed by atoms with Gasteiger partial charge in [0.15, 0.2) is 5.82 Å². The number of thiophene rings is 1. The van der Waals surface area contributed by atoms with Crippen LogP contribution < -0.4 is 15.5 Å². The van der Waals surface area contributed by atoms with Crippen LogP contribution in [0.15, 0.2) is 79.1 Å². The van der Waals surface area contributed by atoms with Gasteiger partial charge >= 0.3 is 12.0 Å². The number of H-pyrrole nitrogens is 1. The highest BCUT2D eigenvalue weighted by Crippen LogP contribution is 2.45. The van der Waals surface area contributed by atoms with Crippen molar-refractivity contribution in [3.8, 4) is 0 Å². The van der Waals surface area contributed by atoms with Crippen LogP contribution in [0.4, 0.5) is 32.1 Å². The van der Waals surface area contributed by atoms with Gasteiger partial charge in [-0.2, -0.15) is 0 Å². The van der Waals surface area contributed by atoms with Crippen molar-refractivity contribution in [3.63, 3.8) is 0 Å². The molecule has 46 heavy (non-hydrogen) atoms. The van der Waals surface area contributed by atoms with Crippen molar-refractivity contribution in [3.05, 3.63) is 107 Å². The number of urea groups is 1. The number of carbonyl (C=O) groups excluding carboxylic acids is 3. The van der Waals surface area contributed by atoms with Crippen molar-refractivity contribution < 1.29 is 23.5 Å². The maximum atomic E-state index is 13.7. The van der Waals surface area contributed by atoms with Crippen molar-refractivity contribution >= 4 is 79.5 Å². The molecule has 3 aromatic heterocycles. The second kappa shape index (κ2) is 11.9. The summed E-state index contributed by atoms with van der Waals surface area (Å²) in [6.07, 6.45) is 4.73. The number of esters is 1. The summed E-state index contributed by atoms with van der Waals surface area (Å²) >= 11 is 1.15. The van der Waals surface area contributed by atoms with Gasteiger partial charge in [-0.15, -0.1) is 11.3 Å². The molecule has 3 aromatic carbocycles. The van der Waals surface area contributed by atoms with E-state index in [1.165, 1.54) is 29.4 Å². The normalized spacial score (nSPS) is 12.6. The molecule has 1 aliphatic heterocycles. The first kappa shape index (κ1) is 28.8. The van der Waals surface area contributed by atoms with E-state index in [-0.39, 0.29) is 10.7 Å². The van der Waals surface area contributed by atoms with Crippen molar-refractivity contribution in [2.45, 2.75) is 13.3 Å². The van der Waals surface area contributed by atoms with Crippen molar-refractivity contribution in [2.75, 3.05) is 22.1 Å². The van der Waals surface area contributed by atoms with Gasteiger partial charge in [-0.1, -0.05) is 24.3 Å². The van der Waals surface area contributed by atoms with Gasteiger partial charge in [0.25, 0.3) is 5.91 Å². The Balaban J connectivity index is 1.15. The third-order valence-corrected chi connectivity index (χ3v) is 8.32. The molecule has 0 aliphatic carbocycles. The molecule has 7 rings (SSSR count). The van der Waals surface area contributed by atoms with Gasteiger partial charge in [0.2, 0.25) is 0 Å². The molecule has 0 radical (unpaired) electrons. The smallest absolute Gasteiger partial charge is 0.332 e. The molecule has 0 spiro atoms. The third kappa shape index (κ3) is 5.55. The molecule has 4 heterocycles. The Bertz CT molecular complexity index is 2190. The fourth-order valence-electron chi connectivity index (χ4n) is 5.20. The molecule has 0 saturated carbocycles. The molecule has 11 nitrogen and oxygen atoms in total. The average Bonchev–Trinajstić information content (AvgIpc) is 3.62. The van der Waals surface area contributed by atoms with Crippen LogP contribution in [0.1, 0.15) is 33.5 Å². The molecular weight excluding hydrogens is 609 g/mol. The van der Waals surface area contributed by atoms with Crippen LogP contribution >= 0.6 is 11.3 Å². The minimum atomic E-state index is -0.489. The van der Waals surface area contributed by atoms with Crippen molar-refractivity contribution in [1.29, 1.82) is 0 Å². The number of fused-ring (bicyclic) bond motifs is 1. The Hall–Kier alpha value is -5.95. The molecule has 0 saturated heterocycles. The summed E-state index contributed by atoms with van der Waals surface area (Å²) in [6.45, 7) is 2.03. The predicted octanol–water partition coefficient (Wildman–Crippen LogP) is 6.81. The van der Waals surface area contributed by atoms with Crippen LogP contribution in [0, 0.1) is 5.82 Å². The first-order valence-electron chi connectivity index (χ1n) is 14.2. The lowest BCUT2D eigenvalue weighted by molar-refractivity contribution is -0.137. The number of halogens is 1. The zero-order valence-corrected chi connectivity index (χ0v) is 25.0. The van der Waals surface area contributed by atoms with Gasteiger partial charge < -0.3 is 20.4 Å². The van der Waals surface area contributed by atoms with Crippen LogP contribution in [0.3, 0.4) is 0 Å². The quantitative estimate of drug-likeness (QED) is 0.123. The van der Waals surface area contributed by atoms with E-state index in [9.17, 15) is 18.8 Å². The van der Waals surface area contributed by atoms with E-state index in [0.717, 1.165) is 22.5 Å². The van der Waals surface area contributed by atoms with E-state index in [1.807, 2.05) is 6.07 Å². The number of benzene rings is 3. The second-order valence-corrected chi connectivity index (χ2v) is 11.3. The summed E-state index contributed by atoms with van der Waals surface area (Å²) in [4.78, 5) is 57.5. The number of anilines is 4. The summed E-state index contributed by atoms with van der Waals surface area (Å²) in [6, 6.07) is 18.1. The number of hydrogen-bond donors (Lipinski definition) is 3. The van der Waals surface area contributed by atoms with E-state index in [2.05, 4.69) is 30.6 Å². The Morgan fingerprint density at radius 1 is 1.09 bits per heavy atom. The lowest BCUT2D eigenvalue weighted by Crippen LogP contribution is -2.35. The number of nitrogens with one attached hydrogen (secondary N) is 3. The molecule has 0 fully saturated rings. The monoisotopic (exact) mass is 633 g/mol. The second-order valence-electron chi connectivity index (χ2n) is 10.3. The molecule has 0 unspecified atom stereocenters. The van der Waals surface area contributed by atoms with Gasteiger partial charge in [0.1, 0.15) is 27.7 Å². The van der Waals surface area contributed by atoms with Gasteiger partial charge in [-0.05, 0) is 66.6 Å². The van der Waals surface area contributed by atoms with Gasteiger partial charge in [0.05, 0.1) is 34.4 Å². The van der Waals surface area contributed by atoms with Crippen molar-refractivity contribution in [2.24, 2.45) is 0 Å². The van der Waals surface area contributed by atoms with Gasteiger partial charge in [-0.3, -0.25) is 4.79 Å². The summed E-state index contributed by atoms with van der Waals surface area (Å²) in [5.41, 5.74) is 4.32. The maximum Gasteiger partial charge on any atom is 0.332 e. The van der Waals surface area contributed by atoms with E-state index in [0.29, 0.717) is 63.0 Å². The Morgan fingerprint density at radius 3 is 2.74 bits per heavy atom. The minimum Gasteiger partial charge on any atom is -0.463 e. The average molecular weight is 634 g/mol. The highest BCUT2D eigenvalue weighted by atomic mass is 32.1. The molecule has 228 valence electrons. The fourth-order valence-corrected chi connectivity index (χ4v) is 6.19. The van der Waals surface area contributed by atoms with Crippen LogP contribution in [-0.2, 0) is 16.0 Å². The number of aromatic nitrogens is 4. The summed E-state index contributed by atoms with van der Waals surface area (Å²) in [5.74, 6) is -0.167. The summed E-state index contributed by atoms with van der Waals surface area (Å²) in [5, 5.41) is 6.28. The van der Waals surface area contributed by atoms with Crippen LogP contribution in [0.25, 0.3) is 27.3 Å². The van der Waals surface area contributed by atoms with Crippen LogP contribution in [0.5, 0.6) is 0 Å². The van der Waals surface area contributed by atoms with E-state index >= 15 is 0 Å². The number of ether oxygens (including phenoxy) is 1. The predicted molar refractivity (Wildman–Crippen MR) is 174 cm³/mol. The van der Waals surface area contributed by atoms with E-state index in [1.54, 1.807) is 61.5 Å². The lowest BCUT2D eigenvalue weighted by Gasteiger charge is -2.27. The van der Waals surface area contributed by atoms with Crippen LogP contribution in [-0.4, -0.2) is 44.5 Å². The molecule has 1 aliphatic rings. The Kier molecular flexibility index (Phi) is 7.42. The Labute approximate surface area is 264 Å². The number of nitrogens with zero attached hydrogens (tertiary/aromatic N) is 4. The highest BCUT2D eigenvalue weighted by molar-refractivity contribution is 7.21. The zero-order valence-electron chi connectivity index (χ0n) is 24.2. The zero-order chi connectivity index (χ0) is 31.8. The molecule has 0 atom stereocenters. The minimum absolute atomic E-state index is 0.280. The molecular formula is C33H24FN7O4S. The van der Waals surface area contributed by atoms with Gasteiger partial charge in [0, 0.05) is 18.2 Å². The maximum absolute atomic E-state index is 13.7. The molecule has 0 bridgehead atoms. The molecule has 6 aromatic rings. The number of hydrogen-bond acceptors (Lipinski definition) is 8. The standard InChI is InChI=1S/C33H24FN7O4S/c1-2-45-26(42)13-8-18-6-9-21(10-7-18)37-31(43)29-28-27-30(35-17-36-32(27)46-29)41(33(44)40-28)22-11-12-23-24(16-22)39-25(38-23)15-19-4-3-5-20(34)14-19/h3-14,16-17H,2,15H2,1H3,(H,37,43)(H,38,39)(H,40,44)/b13-8-. The molecule has 13 heteroatoms. The number of amides is 3. The SMILES string of the molecule is CCOC(=O)/C=C\c1ccc(NC(=O)c2sc3ncnc4c3c2NC(=O)N4c2ccc3nc(Cc4cccc(F)c4)[nH]c3c2)cc1. The summed E-state index contributed by atoms with van der Waals surface area (Å²) < 4.78 is 18.6. The Morgan fingerprint density at radius 2 is 1.93 bits per heavy atom. The van der Waals surface area contributed by atoms with E-state index in [4.69, 9.17) is 4.74 Å². The third-order valence-electron chi connectivity index (χ3n) is 7.22. The lowest BCUT2D eigenvalue weighted by atomic mass is 10.1. The first-order valence-corrected chi connectivity index (χ1v) is 15.1. The number of rotatable bonds is 8. The highest BCUT2D eigenvalue weighted by Gasteiger charge is 2.34. The first-order chi connectivity index (χ1) is 22.4. The molecule has 3 amide bonds. The fraction of sp³-hybridized carbons (Fsp3) is 0.0909. The summed E-state index contributed by atoms with van der Waals surface area (Å²) in [7, 11) is 0. The van der Waals surface area contributed by atoms with Crippen molar-refractivity contribution in [1.82, 2.24) is 19.9 Å². The van der Waals surface area contributed by atoms with E-state index < -0.39 is 17.9 Å². The topological polar surface area (TPSA) is 142 Å². The number of carbonyl (C=O) groups is 3. The number of imidazole rings is 1. The largest absolute Gasteiger partial charge is 0.463 e. The molecule has 3 N–H and O–H groups in total. The van der Waals surface area contributed by atoms with Crippen LogP contribution in [0.2, 0.25) is 0 Å². The number of aromatic amines is 1.